The van der Waals surface area contributed by atoms with E-state index in [0.717, 1.165) is 18.4 Å². The molecule has 0 aromatic heterocycles. The highest BCUT2D eigenvalue weighted by Crippen LogP contribution is 2.29. The number of hydrogen-bond acceptors (Lipinski definition) is 3. The average Bonchev–Trinajstić information content (AvgIpc) is 2.49. The van der Waals surface area contributed by atoms with Crippen LogP contribution in [0.3, 0.4) is 0 Å². The van der Waals surface area contributed by atoms with Crippen molar-refractivity contribution in [2.24, 2.45) is 5.92 Å². The molecule has 0 spiro atoms. The van der Waals surface area contributed by atoms with Crippen LogP contribution >= 0.6 is 11.6 Å². The molecule has 0 saturated carbocycles. The molecule has 0 amide bonds. The first kappa shape index (κ1) is 17.2. The van der Waals surface area contributed by atoms with Crippen LogP contribution in [0.2, 0.25) is 5.02 Å². The lowest BCUT2D eigenvalue weighted by atomic mass is 10.0. The van der Waals surface area contributed by atoms with Gasteiger partial charge >= 0.3 is 5.97 Å². The second kappa shape index (κ2) is 6.98. The number of hydrogen-bond donors (Lipinski definition) is 1. The van der Waals surface area contributed by atoms with Crippen molar-refractivity contribution in [2.75, 3.05) is 13.1 Å². The lowest BCUT2D eigenvalue weighted by Gasteiger charge is -2.30. The second-order valence-electron chi connectivity index (χ2n) is 5.56. The molecule has 1 N–H and O–H groups in total. The van der Waals surface area contributed by atoms with E-state index in [1.165, 1.54) is 4.31 Å². The highest BCUT2D eigenvalue weighted by atomic mass is 35.5. The summed E-state index contributed by atoms with van der Waals surface area (Å²) in [4.78, 5) is 11.2. The first-order valence-corrected chi connectivity index (χ1v) is 9.19. The number of carboxylic acids is 1. The number of halogens is 1. The topological polar surface area (TPSA) is 74.7 Å². The molecule has 7 heteroatoms. The molecule has 1 saturated heterocycles. The molecular formula is C15H20ClNO4S. The van der Waals surface area contributed by atoms with E-state index >= 15 is 0 Å². The van der Waals surface area contributed by atoms with Gasteiger partial charge in [-0.05, 0) is 37.0 Å². The maximum absolute atomic E-state index is 12.8. The number of carbonyl (C=O) groups is 1. The Kier molecular flexibility index (Phi) is 5.47. The van der Waals surface area contributed by atoms with Crippen molar-refractivity contribution in [3.05, 3.63) is 28.8 Å². The number of piperidine rings is 1. The first-order chi connectivity index (χ1) is 10.4. The molecule has 1 fully saturated rings. The number of nitrogens with zero attached hydrogens (tertiary/aromatic N) is 1. The van der Waals surface area contributed by atoms with Crippen molar-refractivity contribution < 1.29 is 18.3 Å². The van der Waals surface area contributed by atoms with Crippen LogP contribution in [0.25, 0.3) is 0 Å². The van der Waals surface area contributed by atoms with Crippen LogP contribution in [0, 0.1) is 5.92 Å². The predicted molar refractivity (Wildman–Crippen MR) is 84.6 cm³/mol. The van der Waals surface area contributed by atoms with Gasteiger partial charge in [-0.2, -0.15) is 4.31 Å². The number of sulfonamides is 1. The van der Waals surface area contributed by atoms with Crippen LogP contribution in [0.15, 0.2) is 23.1 Å². The van der Waals surface area contributed by atoms with E-state index in [-0.39, 0.29) is 16.5 Å². The van der Waals surface area contributed by atoms with Gasteiger partial charge in [0.05, 0.1) is 10.9 Å². The van der Waals surface area contributed by atoms with E-state index in [9.17, 15) is 13.2 Å². The van der Waals surface area contributed by atoms with E-state index in [1.807, 2.05) is 13.0 Å². The number of benzene rings is 1. The summed E-state index contributed by atoms with van der Waals surface area (Å²) in [6.45, 7) is 2.36. The van der Waals surface area contributed by atoms with Gasteiger partial charge < -0.3 is 5.11 Å². The Labute approximate surface area is 135 Å². The Hall–Kier alpha value is -1.11. The minimum absolute atomic E-state index is 0.00595. The fraction of sp³-hybridized carbons (Fsp3) is 0.533. The summed E-state index contributed by atoms with van der Waals surface area (Å²) in [5.41, 5.74) is 0.914. The van der Waals surface area contributed by atoms with Gasteiger partial charge in [-0.15, -0.1) is 0 Å². The molecule has 1 unspecified atom stereocenters. The van der Waals surface area contributed by atoms with Crippen LogP contribution in [-0.2, 0) is 21.2 Å². The molecule has 0 bridgehead atoms. The minimum atomic E-state index is -3.76. The molecule has 2 rings (SSSR count). The molecule has 1 aliphatic heterocycles. The van der Waals surface area contributed by atoms with Crippen molar-refractivity contribution in [1.82, 2.24) is 4.31 Å². The van der Waals surface area contributed by atoms with Crippen LogP contribution in [0.5, 0.6) is 0 Å². The Morgan fingerprint density at radius 3 is 2.82 bits per heavy atom. The maximum atomic E-state index is 12.8. The second-order valence-corrected chi connectivity index (χ2v) is 7.87. The van der Waals surface area contributed by atoms with Crippen molar-refractivity contribution in [2.45, 2.75) is 37.5 Å². The van der Waals surface area contributed by atoms with Crippen LogP contribution < -0.4 is 0 Å². The van der Waals surface area contributed by atoms with Crippen LogP contribution in [-0.4, -0.2) is 36.9 Å². The summed E-state index contributed by atoms with van der Waals surface area (Å²) in [6, 6.07) is 5.02. The molecule has 122 valence electrons. The van der Waals surface area contributed by atoms with Gasteiger partial charge in [0.2, 0.25) is 10.0 Å². The first-order valence-electron chi connectivity index (χ1n) is 7.37. The summed E-state index contributed by atoms with van der Waals surface area (Å²) >= 11 is 6.08. The third kappa shape index (κ3) is 3.62. The molecular weight excluding hydrogens is 326 g/mol. The number of rotatable bonds is 5. The van der Waals surface area contributed by atoms with Crippen molar-refractivity contribution in [1.29, 1.82) is 0 Å². The predicted octanol–water partition coefficient (Wildman–Crippen LogP) is 2.78. The van der Waals surface area contributed by atoms with Crippen molar-refractivity contribution in [3.8, 4) is 0 Å². The molecule has 22 heavy (non-hydrogen) atoms. The third-order valence-corrected chi connectivity index (χ3v) is 6.23. The van der Waals surface area contributed by atoms with E-state index in [2.05, 4.69) is 0 Å². The zero-order chi connectivity index (χ0) is 16.3. The zero-order valence-corrected chi connectivity index (χ0v) is 14.0. The van der Waals surface area contributed by atoms with E-state index in [0.29, 0.717) is 19.4 Å². The highest BCUT2D eigenvalue weighted by molar-refractivity contribution is 7.89. The Bertz CT molecular complexity index is 660. The van der Waals surface area contributed by atoms with Crippen molar-refractivity contribution in [3.63, 3.8) is 0 Å². The largest absolute Gasteiger partial charge is 0.481 e. The Morgan fingerprint density at radius 2 is 2.18 bits per heavy atom. The monoisotopic (exact) mass is 345 g/mol. The molecule has 1 heterocycles. The summed E-state index contributed by atoms with van der Waals surface area (Å²) in [5, 5.41) is 9.29. The lowest BCUT2D eigenvalue weighted by Crippen LogP contribution is -2.42. The summed E-state index contributed by atoms with van der Waals surface area (Å²) in [5.74, 6) is -1.60. The quantitative estimate of drug-likeness (QED) is 0.890. The van der Waals surface area contributed by atoms with E-state index in [4.69, 9.17) is 16.7 Å². The third-order valence-electron chi connectivity index (χ3n) is 3.89. The minimum Gasteiger partial charge on any atom is -0.481 e. The molecule has 1 aromatic carbocycles. The number of carboxylic acid groups (broad SMARTS) is 1. The molecule has 1 aliphatic rings. The van der Waals surface area contributed by atoms with Crippen LogP contribution in [0.4, 0.5) is 0 Å². The van der Waals surface area contributed by atoms with E-state index in [1.54, 1.807) is 12.1 Å². The fourth-order valence-electron chi connectivity index (χ4n) is 2.69. The van der Waals surface area contributed by atoms with Gasteiger partial charge in [0.25, 0.3) is 0 Å². The molecule has 0 aliphatic carbocycles. The smallest absolute Gasteiger partial charge is 0.307 e. The SMILES string of the molecule is CCCc1ccc(Cl)c(S(=O)(=O)N2CCCC(C(=O)O)C2)c1. The molecule has 1 aromatic rings. The number of aliphatic carboxylic acids is 1. The van der Waals surface area contributed by atoms with Gasteiger partial charge in [0, 0.05) is 13.1 Å². The molecule has 5 nitrogen and oxygen atoms in total. The van der Waals surface area contributed by atoms with Gasteiger partial charge in [0.1, 0.15) is 4.90 Å². The number of aryl methyl sites for hydroxylation is 1. The van der Waals surface area contributed by atoms with E-state index < -0.39 is 21.9 Å². The summed E-state index contributed by atoms with van der Waals surface area (Å²) in [6.07, 6.45) is 2.73. The van der Waals surface area contributed by atoms with Gasteiger partial charge in [-0.3, -0.25) is 4.79 Å². The molecule has 1 atom stereocenters. The zero-order valence-electron chi connectivity index (χ0n) is 12.5. The fourth-order valence-corrected chi connectivity index (χ4v) is 4.74. The molecule has 0 radical (unpaired) electrons. The Balaban J connectivity index is 2.33. The van der Waals surface area contributed by atoms with Gasteiger partial charge in [-0.25, -0.2) is 8.42 Å². The van der Waals surface area contributed by atoms with Gasteiger partial charge in [-0.1, -0.05) is 31.0 Å². The normalized spacial score (nSPS) is 20.0. The van der Waals surface area contributed by atoms with Crippen LogP contribution in [0.1, 0.15) is 31.7 Å². The standard InChI is InChI=1S/C15H20ClNO4S/c1-2-4-11-6-7-13(16)14(9-11)22(20,21)17-8-3-5-12(10-17)15(18)19/h6-7,9,12H,2-5,8,10H2,1H3,(H,18,19). The Morgan fingerprint density at radius 1 is 1.45 bits per heavy atom. The average molecular weight is 346 g/mol. The summed E-state index contributed by atoms with van der Waals surface area (Å²) < 4.78 is 26.8. The lowest BCUT2D eigenvalue weighted by molar-refractivity contribution is -0.142. The van der Waals surface area contributed by atoms with Gasteiger partial charge in [0.15, 0.2) is 0 Å². The summed E-state index contributed by atoms with van der Waals surface area (Å²) in [7, 11) is -3.76. The highest BCUT2D eigenvalue weighted by Gasteiger charge is 2.34. The van der Waals surface area contributed by atoms with Crippen molar-refractivity contribution >= 4 is 27.6 Å². The maximum Gasteiger partial charge on any atom is 0.307 e.